The van der Waals surface area contributed by atoms with E-state index in [9.17, 15) is 4.79 Å². The van der Waals surface area contributed by atoms with E-state index in [0.29, 0.717) is 10.8 Å². The third-order valence-corrected chi connectivity index (χ3v) is 6.24. The summed E-state index contributed by atoms with van der Waals surface area (Å²) in [4.78, 5) is 15.8. The number of hydrogen-bond donors (Lipinski definition) is 1. The van der Waals surface area contributed by atoms with Gasteiger partial charge in [-0.25, -0.2) is 0 Å². The molecular formula is C22H27ClN2OS. The molecular weight excluding hydrogens is 376 g/mol. The number of rotatable bonds is 6. The zero-order valence-corrected chi connectivity index (χ0v) is 17.5. The first-order valence-electron chi connectivity index (χ1n) is 9.54. The van der Waals surface area contributed by atoms with Gasteiger partial charge in [0.25, 0.3) is 0 Å². The summed E-state index contributed by atoms with van der Waals surface area (Å²) in [6.07, 6.45) is 2.59. The molecule has 3 rings (SSSR count). The van der Waals surface area contributed by atoms with Gasteiger partial charge in [0.15, 0.2) is 0 Å². The van der Waals surface area contributed by atoms with E-state index in [1.54, 1.807) is 0 Å². The number of benzene rings is 2. The molecule has 2 atom stereocenters. The molecule has 3 nitrogen and oxygen atoms in total. The summed E-state index contributed by atoms with van der Waals surface area (Å²) in [6.45, 7) is 6.62. The van der Waals surface area contributed by atoms with Crippen molar-refractivity contribution in [3.63, 3.8) is 0 Å². The fourth-order valence-electron chi connectivity index (χ4n) is 3.44. The molecule has 27 heavy (non-hydrogen) atoms. The van der Waals surface area contributed by atoms with Crippen LogP contribution in [0.15, 0.2) is 53.4 Å². The minimum atomic E-state index is -0.00218. The van der Waals surface area contributed by atoms with Crippen molar-refractivity contribution in [1.29, 1.82) is 0 Å². The molecule has 0 bridgehead atoms. The zero-order chi connectivity index (χ0) is 19.2. The van der Waals surface area contributed by atoms with Gasteiger partial charge in [-0.1, -0.05) is 30.7 Å². The molecule has 0 radical (unpaired) electrons. The highest BCUT2D eigenvalue weighted by Gasteiger charge is 2.17. The van der Waals surface area contributed by atoms with Crippen LogP contribution in [0.3, 0.4) is 0 Å². The van der Waals surface area contributed by atoms with Crippen LogP contribution in [-0.2, 0) is 4.79 Å². The molecule has 1 aliphatic heterocycles. The number of nitrogens with zero attached hydrogens (tertiary/aromatic N) is 1. The van der Waals surface area contributed by atoms with Gasteiger partial charge in [0.05, 0.1) is 11.8 Å². The molecule has 0 spiro atoms. The third kappa shape index (κ3) is 5.91. The van der Waals surface area contributed by atoms with Crippen LogP contribution >= 0.6 is 23.4 Å². The van der Waals surface area contributed by atoms with Crippen LogP contribution in [0.4, 0.5) is 5.69 Å². The summed E-state index contributed by atoms with van der Waals surface area (Å²) in [7, 11) is 0. The van der Waals surface area contributed by atoms with Gasteiger partial charge in [0.1, 0.15) is 0 Å². The normalized spacial score (nSPS) is 18.2. The first-order valence-corrected chi connectivity index (χ1v) is 10.9. The molecule has 0 aliphatic carbocycles. The molecule has 2 aromatic rings. The molecule has 0 unspecified atom stereocenters. The smallest absolute Gasteiger partial charge is 0.230 e. The third-order valence-electron chi connectivity index (χ3n) is 4.98. The number of hydrogen-bond acceptors (Lipinski definition) is 3. The number of carbonyl (C=O) groups excluding carboxylic acids is 1. The van der Waals surface area contributed by atoms with Gasteiger partial charge in [0.2, 0.25) is 5.91 Å². The predicted molar refractivity (Wildman–Crippen MR) is 116 cm³/mol. The maximum Gasteiger partial charge on any atom is 0.230 e. The molecule has 1 aliphatic rings. The lowest BCUT2D eigenvalue weighted by molar-refractivity contribution is -0.119. The molecule has 1 heterocycles. The van der Waals surface area contributed by atoms with E-state index in [2.05, 4.69) is 41.4 Å². The van der Waals surface area contributed by atoms with Gasteiger partial charge in [0, 0.05) is 28.7 Å². The van der Waals surface area contributed by atoms with Crippen molar-refractivity contribution >= 4 is 35.0 Å². The molecule has 1 saturated heterocycles. The van der Waals surface area contributed by atoms with E-state index >= 15 is 0 Å². The summed E-state index contributed by atoms with van der Waals surface area (Å²) >= 11 is 7.41. The van der Waals surface area contributed by atoms with Gasteiger partial charge in [-0.15, -0.1) is 11.8 Å². The summed E-state index contributed by atoms with van der Waals surface area (Å²) in [5.74, 6) is 1.20. The molecule has 2 aromatic carbocycles. The van der Waals surface area contributed by atoms with Crippen molar-refractivity contribution in [1.82, 2.24) is 5.32 Å². The molecule has 1 fully saturated rings. The Hall–Kier alpha value is -1.65. The lowest BCUT2D eigenvalue weighted by atomic mass is 9.99. The average molecular weight is 403 g/mol. The number of carbonyl (C=O) groups is 1. The Kier molecular flexibility index (Phi) is 7.08. The highest BCUT2D eigenvalue weighted by molar-refractivity contribution is 8.00. The fraction of sp³-hybridized carbons (Fsp3) is 0.409. The molecule has 0 saturated carbocycles. The van der Waals surface area contributed by atoms with Gasteiger partial charge in [-0.05, 0) is 67.6 Å². The first kappa shape index (κ1) is 20.1. The predicted octanol–water partition coefficient (Wildman–Crippen LogP) is 5.55. The summed E-state index contributed by atoms with van der Waals surface area (Å²) in [5, 5.41) is 3.79. The second-order valence-corrected chi connectivity index (χ2v) is 8.80. The second kappa shape index (κ2) is 9.52. The first-order chi connectivity index (χ1) is 13.0. The van der Waals surface area contributed by atoms with Crippen LogP contribution in [0.5, 0.6) is 0 Å². The van der Waals surface area contributed by atoms with E-state index in [1.807, 2.05) is 31.2 Å². The van der Waals surface area contributed by atoms with Gasteiger partial charge in [-0.3, -0.25) is 4.79 Å². The highest BCUT2D eigenvalue weighted by Crippen LogP contribution is 2.25. The summed E-state index contributed by atoms with van der Waals surface area (Å²) in [6, 6.07) is 16.2. The molecule has 5 heteroatoms. The molecule has 144 valence electrons. The van der Waals surface area contributed by atoms with E-state index in [4.69, 9.17) is 11.6 Å². The second-order valence-electron chi connectivity index (χ2n) is 7.32. The standard InChI is InChI=1S/C22H27ClN2OS/c1-16-4-3-13-25(14-16)20-9-5-18(6-10-20)17(2)24-22(26)15-27-21-11-7-19(23)8-12-21/h5-12,16-17H,3-4,13-15H2,1-2H3,(H,24,26)/t16-,17+/m0/s1. The molecule has 0 aromatic heterocycles. The molecule has 1 amide bonds. The summed E-state index contributed by atoms with van der Waals surface area (Å²) < 4.78 is 0. The fourth-order valence-corrected chi connectivity index (χ4v) is 4.28. The van der Waals surface area contributed by atoms with Crippen LogP contribution < -0.4 is 10.2 Å². The Bertz CT molecular complexity index is 748. The maximum atomic E-state index is 12.3. The van der Waals surface area contributed by atoms with Crippen LogP contribution in [0.25, 0.3) is 0 Å². The number of anilines is 1. The SMILES string of the molecule is C[C@H]1CCCN(c2ccc([C@@H](C)NC(=O)CSc3ccc(Cl)cc3)cc2)C1. The highest BCUT2D eigenvalue weighted by atomic mass is 35.5. The van der Waals surface area contributed by atoms with Gasteiger partial charge in [-0.2, -0.15) is 0 Å². The number of halogens is 1. The quantitative estimate of drug-likeness (QED) is 0.643. The topological polar surface area (TPSA) is 32.3 Å². The van der Waals surface area contributed by atoms with Crippen molar-refractivity contribution < 1.29 is 4.79 Å². The average Bonchev–Trinajstić information content (AvgIpc) is 2.67. The number of thioether (sulfide) groups is 1. The van der Waals surface area contributed by atoms with Crippen molar-refractivity contribution in [3.05, 3.63) is 59.1 Å². The lowest BCUT2D eigenvalue weighted by Gasteiger charge is -2.33. The van der Waals surface area contributed by atoms with Crippen LogP contribution in [-0.4, -0.2) is 24.7 Å². The summed E-state index contributed by atoms with van der Waals surface area (Å²) in [5.41, 5.74) is 2.41. The van der Waals surface area contributed by atoms with Gasteiger partial charge >= 0.3 is 0 Å². The van der Waals surface area contributed by atoms with Crippen molar-refractivity contribution in [2.24, 2.45) is 5.92 Å². The monoisotopic (exact) mass is 402 g/mol. The zero-order valence-electron chi connectivity index (χ0n) is 16.0. The maximum absolute atomic E-state index is 12.3. The van der Waals surface area contributed by atoms with Gasteiger partial charge < -0.3 is 10.2 Å². The number of amides is 1. The minimum Gasteiger partial charge on any atom is -0.371 e. The number of nitrogens with one attached hydrogen (secondary N) is 1. The molecule has 1 N–H and O–H groups in total. The van der Waals surface area contributed by atoms with Crippen LogP contribution in [0.2, 0.25) is 5.02 Å². The van der Waals surface area contributed by atoms with Crippen LogP contribution in [0.1, 0.15) is 38.3 Å². The largest absolute Gasteiger partial charge is 0.371 e. The van der Waals surface area contributed by atoms with Crippen molar-refractivity contribution in [2.75, 3.05) is 23.7 Å². The van der Waals surface area contributed by atoms with Crippen LogP contribution in [0, 0.1) is 5.92 Å². The van der Waals surface area contributed by atoms with E-state index in [1.165, 1.54) is 30.3 Å². The minimum absolute atomic E-state index is 0.00218. The Morgan fingerprint density at radius 3 is 2.59 bits per heavy atom. The Morgan fingerprint density at radius 2 is 1.93 bits per heavy atom. The number of piperidine rings is 1. The van der Waals surface area contributed by atoms with Crippen molar-refractivity contribution in [2.45, 2.75) is 37.6 Å². The van der Waals surface area contributed by atoms with E-state index in [-0.39, 0.29) is 11.9 Å². The van der Waals surface area contributed by atoms with E-state index < -0.39 is 0 Å². The Morgan fingerprint density at radius 1 is 1.22 bits per heavy atom. The van der Waals surface area contributed by atoms with E-state index in [0.717, 1.165) is 29.5 Å². The Labute approximate surface area is 171 Å². The van der Waals surface area contributed by atoms with Crippen molar-refractivity contribution in [3.8, 4) is 0 Å². The lowest BCUT2D eigenvalue weighted by Crippen LogP contribution is -2.34. The Balaban J connectivity index is 1.50.